The summed E-state index contributed by atoms with van der Waals surface area (Å²) in [6.07, 6.45) is 5.24. The molecule has 0 unspecified atom stereocenters. The SMILES string of the molecule is COCc1nnc(-c2cc3nc(CN4CCC(Oc5cccc(Cc6ccc(Cl)cc6F)n5)CC4)n(C[C@@H]4CCO4)c3cn2)[nH]1. The third-order valence-corrected chi connectivity index (χ3v) is 8.54. The predicted octanol–water partition coefficient (Wildman–Crippen LogP) is 4.97. The van der Waals surface area contributed by atoms with Gasteiger partial charge in [-0.3, -0.25) is 9.88 Å². The zero-order chi connectivity index (χ0) is 30.8. The highest BCUT2D eigenvalue weighted by atomic mass is 35.5. The van der Waals surface area contributed by atoms with Gasteiger partial charge in [0.05, 0.1) is 36.4 Å². The van der Waals surface area contributed by atoms with Crippen molar-refractivity contribution in [2.75, 3.05) is 26.8 Å². The highest BCUT2D eigenvalue weighted by Crippen LogP contribution is 2.26. The van der Waals surface area contributed by atoms with Crippen molar-refractivity contribution in [2.24, 2.45) is 0 Å². The number of aromatic nitrogens is 7. The lowest BCUT2D eigenvalue weighted by molar-refractivity contribution is -0.0592. The van der Waals surface area contributed by atoms with Gasteiger partial charge in [0.2, 0.25) is 5.88 Å². The molecule has 1 aromatic carbocycles. The molecule has 0 spiro atoms. The number of methoxy groups -OCH3 is 1. The lowest BCUT2D eigenvalue weighted by Crippen LogP contribution is -2.39. The number of halogens is 2. The fourth-order valence-electron chi connectivity index (χ4n) is 5.81. The Labute approximate surface area is 264 Å². The number of aromatic amines is 1. The fraction of sp³-hybridized carbons (Fsp3) is 0.406. The molecule has 2 aliphatic heterocycles. The summed E-state index contributed by atoms with van der Waals surface area (Å²) >= 11 is 5.90. The second kappa shape index (κ2) is 13.2. The van der Waals surface area contributed by atoms with Crippen molar-refractivity contribution in [2.45, 2.75) is 57.6 Å². The first-order valence-electron chi connectivity index (χ1n) is 15.2. The van der Waals surface area contributed by atoms with Crippen LogP contribution in [0, 0.1) is 5.82 Å². The van der Waals surface area contributed by atoms with Gasteiger partial charge in [0.25, 0.3) is 0 Å². The number of rotatable bonds is 11. The number of imidazole rings is 1. The van der Waals surface area contributed by atoms with E-state index in [9.17, 15) is 4.39 Å². The number of ether oxygens (including phenoxy) is 3. The Morgan fingerprint density at radius 1 is 1.09 bits per heavy atom. The topological polar surface area (TPSA) is 116 Å². The Bertz CT molecular complexity index is 1780. The second-order valence-electron chi connectivity index (χ2n) is 11.5. The molecule has 2 saturated heterocycles. The number of hydrogen-bond acceptors (Lipinski definition) is 9. The van der Waals surface area contributed by atoms with E-state index in [0.717, 1.165) is 68.1 Å². The van der Waals surface area contributed by atoms with Gasteiger partial charge in [-0.25, -0.2) is 14.4 Å². The molecule has 45 heavy (non-hydrogen) atoms. The van der Waals surface area contributed by atoms with Crippen LogP contribution in [0.15, 0.2) is 48.7 Å². The van der Waals surface area contributed by atoms with Crippen LogP contribution in [0.1, 0.15) is 42.2 Å². The Hall–Kier alpha value is -3.97. The van der Waals surface area contributed by atoms with Gasteiger partial charge < -0.3 is 23.8 Å². The maximum absolute atomic E-state index is 14.3. The first-order valence-corrected chi connectivity index (χ1v) is 15.5. The lowest BCUT2D eigenvalue weighted by atomic mass is 10.1. The Morgan fingerprint density at radius 2 is 1.96 bits per heavy atom. The molecule has 7 rings (SSSR count). The molecule has 0 aliphatic carbocycles. The van der Waals surface area contributed by atoms with E-state index in [1.54, 1.807) is 19.2 Å². The van der Waals surface area contributed by atoms with Crippen LogP contribution in [0.2, 0.25) is 5.02 Å². The molecule has 0 saturated carbocycles. The number of piperidine rings is 1. The molecule has 2 fully saturated rings. The monoisotopic (exact) mass is 632 g/mol. The zero-order valence-corrected chi connectivity index (χ0v) is 25.7. The van der Waals surface area contributed by atoms with Crippen LogP contribution in [0.3, 0.4) is 0 Å². The van der Waals surface area contributed by atoms with Crippen molar-refractivity contribution < 1.29 is 18.6 Å². The van der Waals surface area contributed by atoms with Crippen LogP contribution in [0.4, 0.5) is 4.39 Å². The predicted molar refractivity (Wildman–Crippen MR) is 165 cm³/mol. The minimum atomic E-state index is -0.334. The summed E-state index contributed by atoms with van der Waals surface area (Å²) in [4.78, 5) is 19.9. The van der Waals surface area contributed by atoms with Crippen molar-refractivity contribution in [1.29, 1.82) is 0 Å². The van der Waals surface area contributed by atoms with Crippen LogP contribution in [0.25, 0.3) is 22.6 Å². The van der Waals surface area contributed by atoms with E-state index in [0.29, 0.717) is 53.4 Å². The average Bonchev–Trinajstić information content (AvgIpc) is 3.62. The van der Waals surface area contributed by atoms with Crippen molar-refractivity contribution >= 4 is 22.6 Å². The van der Waals surface area contributed by atoms with Crippen molar-refractivity contribution in [3.05, 3.63) is 82.4 Å². The number of H-pyrrole nitrogens is 1. The van der Waals surface area contributed by atoms with E-state index in [2.05, 4.69) is 34.6 Å². The molecule has 13 heteroatoms. The van der Waals surface area contributed by atoms with Gasteiger partial charge in [0.15, 0.2) is 11.6 Å². The summed E-state index contributed by atoms with van der Waals surface area (Å²) in [5.74, 6) is 2.45. The summed E-state index contributed by atoms with van der Waals surface area (Å²) in [6.45, 7) is 4.35. The minimum absolute atomic E-state index is 0.0510. The molecule has 1 atom stereocenters. The standard InChI is InChI=1S/C32H34ClFN8O3/c1-43-19-29-38-32(40-39-29)27-15-26-28(16-35-27)42(17-24-9-12-44-24)30(37-26)18-41-10-7-23(8-11-41)45-31-4-2-3-22(36-31)13-20-5-6-21(33)14-25(20)34/h2-6,14-16,23-24H,7-13,17-19H2,1H3,(H,38,39,40)/t24-/m0/s1. The molecule has 1 N–H and O–H groups in total. The van der Waals surface area contributed by atoms with Gasteiger partial charge in [-0.2, -0.15) is 0 Å². The highest BCUT2D eigenvalue weighted by Gasteiger charge is 2.26. The molecule has 11 nitrogen and oxygen atoms in total. The summed E-state index contributed by atoms with van der Waals surface area (Å²) in [7, 11) is 1.62. The largest absolute Gasteiger partial charge is 0.474 e. The molecular formula is C32H34ClFN8O3. The average molecular weight is 633 g/mol. The van der Waals surface area contributed by atoms with E-state index in [1.807, 2.05) is 30.5 Å². The van der Waals surface area contributed by atoms with Gasteiger partial charge in [0, 0.05) is 50.0 Å². The van der Waals surface area contributed by atoms with E-state index in [-0.39, 0.29) is 18.0 Å². The number of nitrogens with zero attached hydrogens (tertiary/aromatic N) is 7. The fourth-order valence-corrected chi connectivity index (χ4v) is 5.97. The van der Waals surface area contributed by atoms with Crippen molar-refractivity contribution in [3.63, 3.8) is 0 Å². The van der Waals surface area contributed by atoms with E-state index in [1.165, 1.54) is 6.07 Å². The molecule has 5 aromatic rings. The summed E-state index contributed by atoms with van der Waals surface area (Å²) in [5.41, 5.74) is 3.82. The first kappa shape index (κ1) is 29.7. The molecule has 0 bridgehead atoms. The number of hydrogen-bond donors (Lipinski definition) is 1. The van der Waals surface area contributed by atoms with Gasteiger partial charge in [-0.15, -0.1) is 10.2 Å². The third-order valence-electron chi connectivity index (χ3n) is 8.31. The highest BCUT2D eigenvalue weighted by molar-refractivity contribution is 6.30. The first-order chi connectivity index (χ1) is 22.0. The number of fused-ring (bicyclic) bond motifs is 1. The Balaban J connectivity index is 1.01. The van der Waals surface area contributed by atoms with Crippen LogP contribution >= 0.6 is 11.6 Å². The van der Waals surface area contributed by atoms with Crippen LogP contribution in [0.5, 0.6) is 5.88 Å². The molecule has 0 radical (unpaired) electrons. The molecule has 6 heterocycles. The normalized spacial score (nSPS) is 17.5. The maximum atomic E-state index is 14.3. The zero-order valence-electron chi connectivity index (χ0n) is 25.0. The lowest BCUT2D eigenvalue weighted by Gasteiger charge is -2.32. The number of nitrogens with one attached hydrogen (secondary N) is 1. The summed E-state index contributed by atoms with van der Waals surface area (Å²) in [5, 5.41) is 8.73. The van der Waals surface area contributed by atoms with Crippen LogP contribution in [-0.2, 0) is 35.6 Å². The summed E-state index contributed by atoms with van der Waals surface area (Å²) < 4.78 is 33.8. The Kier molecular flexibility index (Phi) is 8.70. The molecule has 2 aliphatic rings. The minimum Gasteiger partial charge on any atom is -0.474 e. The quantitative estimate of drug-likeness (QED) is 0.215. The van der Waals surface area contributed by atoms with Gasteiger partial charge in [0.1, 0.15) is 30.0 Å². The second-order valence-corrected chi connectivity index (χ2v) is 11.9. The van der Waals surface area contributed by atoms with Crippen LogP contribution < -0.4 is 4.74 Å². The van der Waals surface area contributed by atoms with E-state index >= 15 is 0 Å². The Morgan fingerprint density at radius 3 is 2.73 bits per heavy atom. The smallest absolute Gasteiger partial charge is 0.213 e. The van der Waals surface area contributed by atoms with Gasteiger partial charge in [-0.05, 0) is 49.1 Å². The maximum Gasteiger partial charge on any atom is 0.213 e. The molecular weight excluding hydrogens is 599 g/mol. The van der Waals surface area contributed by atoms with Crippen molar-refractivity contribution in [1.82, 2.24) is 39.6 Å². The number of benzene rings is 1. The summed E-state index contributed by atoms with van der Waals surface area (Å²) in [6, 6.07) is 12.3. The van der Waals surface area contributed by atoms with Crippen LogP contribution in [-0.4, -0.2) is 78.6 Å². The van der Waals surface area contributed by atoms with E-state index in [4.69, 9.17) is 30.8 Å². The van der Waals surface area contributed by atoms with Gasteiger partial charge >= 0.3 is 0 Å². The molecule has 4 aromatic heterocycles. The number of likely N-dealkylation sites (tertiary alicyclic amines) is 1. The van der Waals surface area contributed by atoms with Gasteiger partial charge in [-0.1, -0.05) is 23.7 Å². The van der Waals surface area contributed by atoms with Crippen molar-refractivity contribution in [3.8, 4) is 17.4 Å². The molecule has 0 amide bonds. The van der Waals surface area contributed by atoms with E-state index < -0.39 is 0 Å². The molecule has 234 valence electrons. The third kappa shape index (κ3) is 6.84. The number of pyridine rings is 2.